The van der Waals surface area contributed by atoms with Gasteiger partial charge in [0, 0.05) is 37.0 Å². The topological polar surface area (TPSA) is 213 Å². The minimum Gasteiger partial charge on any atom is -0.550 e. The third kappa shape index (κ3) is 10500. The minimum absolute atomic E-state index is 0. The molecule has 0 aliphatic rings. The van der Waals surface area contributed by atoms with Gasteiger partial charge in [-0.25, -0.2) is 0 Å². The van der Waals surface area contributed by atoms with Gasteiger partial charge in [0.2, 0.25) is 0 Å². The Bertz CT molecular complexity index is 195. The second-order valence-corrected chi connectivity index (χ2v) is 2.54. The van der Waals surface area contributed by atoms with Crippen molar-refractivity contribution in [3.8, 4) is 0 Å². The van der Waals surface area contributed by atoms with Crippen molar-refractivity contribution in [1.82, 2.24) is 0 Å². The summed E-state index contributed by atoms with van der Waals surface area (Å²) >= 11 is 0. The Hall–Kier alpha value is -1.68. The van der Waals surface area contributed by atoms with E-state index in [9.17, 15) is 0 Å². The SMILES string of the molecule is CC(=O)[O-].CC(=O)[O-].CC(=O)[O-].CC(=O)[O-].NCCN.[Fe+4]. The predicted molar refractivity (Wildman–Crippen MR) is 60.8 cm³/mol. The van der Waals surface area contributed by atoms with Crippen LogP contribution in [0.2, 0.25) is 0 Å². The van der Waals surface area contributed by atoms with Crippen molar-refractivity contribution in [3.63, 3.8) is 0 Å². The van der Waals surface area contributed by atoms with E-state index in [1.165, 1.54) is 0 Å². The Morgan fingerprint density at radius 2 is 0.667 bits per heavy atom. The van der Waals surface area contributed by atoms with Crippen molar-refractivity contribution < 1.29 is 56.7 Å². The Morgan fingerprint density at radius 1 is 0.619 bits per heavy atom. The summed E-state index contributed by atoms with van der Waals surface area (Å²) in [5, 5.41) is 35.6. The van der Waals surface area contributed by atoms with E-state index in [1.807, 2.05) is 0 Å². The van der Waals surface area contributed by atoms with Crippen LogP contribution in [0.25, 0.3) is 0 Å². The van der Waals surface area contributed by atoms with E-state index >= 15 is 0 Å². The number of rotatable bonds is 1. The van der Waals surface area contributed by atoms with E-state index < -0.39 is 23.9 Å². The molecular weight excluding hydrogens is 332 g/mol. The smallest absolute Gasteiger partial charge is 0.550 e. The molecule has 0 saturated heterocycles. The van der Waals surface area contributed by atoms with Crippen molar-refractivity contribution in [1.29, 1.82) is 0 Å². The van der Waals surface area contributed by atoms with E-state index in [0.717, 1.165) is 27.7 Å². The summed E-state index contributed by atoms with van der Waals surface area (Å²) in [6.45, 7) is 5.08. The fraction of sp³-hybridized carbons (Fsp3) is 0.600. The minimum atomic E-state index is -1.08. The van der Waals surface area contributed by atoms with Gasteiger partial charge in [0.25, 0.3) is 0 Å². The standard InChI is InChI=1S/C2H8N2.4C2H4O2.Fe/c3-1-2-4;4*1-2(3)4;/h1-4H2;4*1H3,(H,3,4);/q;;;;;+4/p-4. The van der Waals surface area contributed by atoms with Crippen molar-refractivity contribution in [3.05, 3.63) is 0 Å². The van der Waals surface area contributed by atoms with Crippen LogP contribution >= 0.6 is 0 Å². The zero-order valence-electron chi connectivity index (χ0n) is 12.2. The molecule has 0 atom stereocenters. The molecule has 0 aliphatic carbocycles. The van der Waals surface area contributed by atoms with Crippen LogP contribution in [-0.4, -0.2) is 37.0 Å². The van der Waals surface area contributed by atoms with Crippen molar-refractivity contribution in [2.45, 2.75) is 27.7 Å². The Morgan fingerprint density at radius 3 is 0.667 bits per heavy atom. The first-order chi connectivity index (χ1) is 8.84. The van der Waals surface area contributed by atoms with E-state index in [1.54, 1.807) is 0 Å². The molecule has 4 N–H and O–H groups in total. The maximum atomic E-state index is 8.89. The molecule has 0 aromatic heterocycles. The predicted octanol–water partition coefficient (Wildman–Crippen LogP) is -6.07. The van der Waals surface area contributed by atoms with Gasteiger partial charge in [0.15, 0.2) is 0 Å². The van der Waals surface area contributed by atoms with Crippen LogP contribution in [0.5, 0.6) is 0 Å². The summed E-state index contributed by atoms with van der Waals surface area (Å²) < 4.78 is 0. The molecule has 21 heavy (non-hydrogen) atoms. The van der Waals surface area contributed by atoms with Gasteiger partial charge >= 0.3 is 17.1 Å². The normalized spacial score (nSPS) is 6.19. The van der Waals surface area contributed by atoms with E-state index in [-0.39, 0.29) is 17.1 Å². The monoisotopic (exact) mass is 352 g/mol. The van der Waals surface area contributed by atoms with Gasteiger partial charge in [0.05, 0.1) is 0 Å². The average Bonchev–Trinajstić information content (AvgIpc) is 2.13. The summed E-state index contributed by atoms with van der Waals surface area (Å²) in [5.74, 6) is -4.33. The van der Waals surface area contributed by atoms with E-state index in [4.69, 9.17) is 51.1 Å². The molecule has 0 radical (unpaired) electrons. The van der Waals surface area contributed by atoms with E-state index in [2.05, 4.69) is 0 Å². The van der Waals surface area contributed by atoms with E-state index in [0.29, 0.717) is 13.1 Å². The molecule has 0 aromatic carbocycles. The first-order valence-corrected chi connectivity index (χ1v) is 4.95. The molecule has 11 heteroatoms. The summed E-state index contributed by atoms with van der Waals surface area (Å²) in [6, 6.07) is 0. The zero-order valence-corrected chi connectivity index (χ0v) is 13.3. The number of carbonyl (C=O) groups excluding carboxylic acids is 4. The molecular formula is C10H20FeN2O8. The third-order valence-corrected chi connectivity index (χ3v) is 0.167. The van der Waals surface area contributed by atoms with Crippen LogP contribution in [0.3, 0.4) is 0 Å². The summed E-state index contributed by atoms with van der Waals surface area (Å²) in [5.41, 5.74) is 9.81. The van der Waals surface area contributed by atoms with Gasteiger partial charge in [-0.15, -0.1) is 0 Å². The van der Waals surface area contributed by atoms with Crippen LogP contribution in [0.15, 0.2) is 0 Å². The molecule has 0 heterocycles. The molecule has 0 bridgehead atoms. The van der Waals surface area contributed by atoms with Crippen LogP contribution in [0.1, 0.15) is 27.7 Å². The second-order valence-electron chi connectivity index (χ2n) is 2.54. The number of carboxylic acids is 4. The van der Waals surface area contributed by atoms with Gasteiger partial charge in [-0.3, -0.25) is 0 Å². The van der Waals surface area contributed by atoms with Crippen molar-refractivity contribution >= 4 is 23.9 Å². The maximum absolute atomic E-state index is 8.89. The Labute approximate surface area is 133 Å². The number of carboxylic acid groups (broad SMARTS) is 4. The molecule has 0 fully saturated rings. The van der Waals surface area contributed by atoms with Crippen molar-refractivity contribution in [2.24, 2.45) is 11.5 Å². The fourth-order valence-corrected chi connectivity index (χ4v) is 0. The molecule has 0 saturated carbocycles. The Balaban J connectivity index is -0.0000000331. The Kier molecular flexibility index (Phi) is 63.0. The third-order valence-electron chi connectivity index (χ3n) is 0.167. The maximum Gasteiger partial charge on any atom is 4.00 e. The summed E-state index contributed by atoms with van der Waals surface area (Å²) in [6.07, 6.45) is 0. The molecule has 0 unspecified atom stereocenters. The van der Waals surface area contributed by atoms with Gasteiger partial charge in [-0.2, -0.15) is 0 Å². The average molecular weight is 352 g/mol. The molecule has 126 valence electrons. The largest absolute Gasteiger partial charge is 4.00 e. The van der Waals surface area contributed by atoms with Gasteiger partial charge in [-0.1, -0.05) is 0 Å². The van der Waals surface area contributed by atoms with Crippen LogP contribution in [0, 0.1) is 0 Å². The number of hydrogen-bond acceptors (Lipinski definition) is 10. The summed E-state index contributed by atoms with van der Waals surface area (Å²) in [4.78, 5) is 35.6. The number of carbonyl (C=O) groups is 4. The van der Waals surface area contributed by atoms with Gasteiger partial charge in [-0.05, 0) is 27.7 Å². The fourth-order valence-electron chi connectivity index (χ4n) is 0. The quantitative estimate of drug-likeness (QED) is 0.426. The number of hydrogen-bond donors (Lipinski definition) is 2. The van der Waals surface area contributed by atoms with Crippen molar-refractivity contribution in [2.75, 3.05) is 13.1 Å². The molecule has 0 amide bonds. The molecule has 0 aromatic rings. The van der Waals surface area contributed by atoms with Crippen LogP contribution in [0.4, 0.5) is 0 Å². The zero-order chi connectivity index (χ0) is 17.7. The van der Waals surface area contributed by atoms with Crippen LogP contribution in [-0.2, 0) is 36.2 Å². The molecule has 0 aliphatic heterocycles. The van der Waals surface area contributed by atoms with Crippen LogP contribution < -0.4 is 31.9 Å². The summed E-state index contributed by atoms with van der Waals surface area (Å²) in [7, 11) is 0. The molecule has 0 rings (SSSR count). The van der Waals surface area contributed by atoms with Gasteiger partial charge in [0.1, 0.15) is 0 Å². The molecule has 0 spiro atoms. The molecule has 10 nitrogen and oxygen atoms in total. The second kappa shape index (κ2) is 36.2. The van der Waals surface area contributed by atoms with Gasteiger partial charge < -0.3 is 51.1 Å². The number of nitrogens with two attached hydrogens (primary N) is 2. The first kappa shape index (κ1) is 36.5. The number of aliphatic carboxylic acids is 4. The first-order valence-electron chi connectivity index (χ1n) is 4.95.